The highest BCUT2D eigenvalue weighted by atomic mass is 32.1. The highest BCUT2D eigenvalue weighted by Crippen LogP contribution is 2.33. The number of hydrogen-bond acceptors (Lipinski definition) is 7. The quantitative estimate of drug-likeness (QED) is 0.547. The number of aromatic hydroxyl groups is 1. The number of alkyl halides is 3. The van der Waals surface area contributed by atoms with Gasteiger partial charge in [0.1, 0.15) is 24.2 Å². The standard InChI is InChI=1S/C20H21F3N4O4S/c1-3-4-7-27-15-17(30)24-10-25-18(15)32-19(27)26-16(29)13-8-12(20(21,22)23)5-6-14(13)31-9-11(2)28/h5-6,8,10-11,28H,3-4,7,9H2,1-2H3,(H,24,25,30)/b26-19-/t11-/m0/s1. The number of aliphatic hydroxyl groups is 1. The van der Waals surface area contributed by atoms with Gasteiger partial charge < -0.3 is 19.5 Å². The summed E-state index contributed by atoms with van der Waals surface area (Å²) in [6, 6.07) is 2.49. The van der Waals surface area contributed by atoms with Crippen LogP contribution in [0.25, 0.3) is 10.3 Å². The molecule has 0 saturated heterocycles. The molecule has 0 spiro atoms. The molecule has 0 aliphatic carbocycles. The van der Waals surface area contributed by atoms with Crippen molar-refractivity contribution < 1.29 is 32.9 Å². The third-order valence-electron chi connectivity index (χ3n) is 4.41. The Kier molecular flexibility index (Phi) is 7.14. The summed E-state index contributed by atoms with van der Waals surface area (Å²) in [5.41, 5.74) is -1.12. The summed E-state index contributed by atoms with van der Waals surface area (Å²) < 4.78 is 46.6. The van der Waals surface area contributed by atoms with E-state index in [1.54, 1.807) is 4.57 Å². The van der Waals surface area contributed by atoms with Crippen LogP contribution >= 0.6 is 11.3 Å². The first-order valence-electron chi connectivity index (χ1n) is 9.76. The fraction of sp³-hybridized carbons (Fsp3) is 0.400. The molecule has 3 aromatic rings. The summed E-state index contributed by atoms with van der Waals surface area (Å²) in [6.07, 6.45) is -2.88. The van der Waals surface area contributed by atoms with Gasteiger partial charge in [-0.15, -0.1) is 0 Å². The Hall–Kier alpha value is -2.99. The van der Waals surface area contributed by atoms with Gasteiger partial charge in [-0.25, -0.2) is 9.97 Å². The molecule has 12 heteroatoms. The zero-order valence-corrected chi connectivity index (χ0v) is 18.1. The van der Waals surface area contributed by atoms with Crippen molar-refractivity contribution in [3.8, 4) is 11.6 Å². The van der Waals surface area contributed by atoms with E-state index < -0.39 is 29.3 Å². The summed E-state index contributed by atoms with van der Waals surface area (Å²) in [4.78, 5) is 25.4. The van der Waals surface area contributed by atoms with Gasteiger partial charge in [-0.3, -0.25) is 4.79 Å². The van der Waals surface area contributed by atoms with Crippen molar-refractivity contribution in [3.05, 3.63) is 40.5 Å². The first-order chi connectivity index (χ1) is 15.1. The molecule has 0 radical (unpaired) electrons. The van der Waals surface area contributed by atoms with E-state index in [9.17, 15) is 28.2 Å². The van der Waals surface area contributed by atoms with Crippen LogP contribution in [0, 0.1) is 0 Å². The number of rotatable bonds is 7. The SMILES string of the molecule is CCCCn1/c(=N/C(=O)c2cc(C(F)(F)F)ccc2OC[C@H](C)O)sc2ncnc(O)c21. The zero-order chi connectivity index (χ0) is 23.5. The molecule has 0 fully saturated rings. The number of ether oxygens (including phenoxy) is 1. The maximum Gasteiger partial charge on any atom is 0.416 e. The maximum absolute atomic E-state index is 13.2. The number of benzene rings is 1. The number of aliphatic hydroxyl groups excluding tert-OH is 1. The highest BCUT2D eigenvalue weighted by Gasteiger charge is 2.32. The smallest absolute Gasteiger partial charge is 0.416 e. The number of amides is 1. The van der Waals surface area contributed by atoms with E-state index >= 15 is 0 Å². The van der Waals surface area contributed by atoms with E-state index in [0.29, 0.717) is 29.4 Å². The number of aromatic nitrogens is 3. The minimum Gasteiger partial charge on any atom is -0.492 e. The predicted octanol–water partition coefficient (Wildman–Crippen LogP) is 3.52. The summed E-state index contributed by atoms with van der Waals surface area (Å²) in [7, 11) is 0. The first-order valence-corrected chi connectivity index (χ1v) is 10.6. The molecule has 0 unspecified atom stereocenters. The summed E-state index contributed by atoms with van der Waals surface area (Å²) in [6.45, 7) is 3.59. The second-order valence-corrected chi connectivity index (χ2v) is 7.98. The summed E-state index contributed by atoms with van der Waals surface area (Å²) in [5.74, 6) is -1.37. The Morgan fingerprint density at radius 1 is 1.34 bits per heavy atom. The lowest BCUT2D eigenvalue weighted by Gasteiger charge is -2.13. The van der Waals surface area contributed by atoms with Crippen LogP contribution in [0.15, 0.2) is 29.5 Å². The van der Waals surface area contributed by atoms with E-state index in [4.69, 9.17) is 4.74 Å². The minimum absolute atomic E-state index is 0.128. The van der Waals surface area contributed by atoms with Crippen LogP contribution < -0.4 is 9.54 Å². The van der Waals surface area contributed by atoms with Gasteiger partial charge in [0.25, 0.3) is 5.91 Å². The zero-order valence-electron chi connectivity index (χ0n) is 17.3. The molecule has 2 aromatic heterocycles. The number of hydrogen-bond donors (Lipinski definition) is 2. The van der Waals surface area contributed by atoms with Crippen LogP contribution in [0.2, 0.25) is 0 Å². The molecule has 32 heavy (non-hydrogen) atoms. The van der Waals surface area contributed by atoms with Gasteiger partial charge in [-0.05, 0) is 31.5 Å². The Balaban J connectivity index is 2.14. The molecule has 0 saturated carbocycles. The molecule has 8 nitrogen and oxygen atoms in total. The third kappa shape index (κ3) is 5.25. The Labute approximate surface area is 184 Å². The molecule has 1 amide bonds. The van der Waals surface area contributed by atoms with Crippen molar-refractivity contribution in [2.24, 2.45) is 4.99 Å². The molecule has 0 aliphatic rings. The normalized spacial score (nSPS) is 13.5. The molecule has 2 heterocycles. The highest BCUT2D eigenvalue weighted by molar-refractivity contribution is 7.16. The maximum atomic E-state index is 13.2. The average molecular weight is 470 g/mol. The van der Waals surface area contributed by atoms with Gasteiger partial charge in [0.2, 0.25) is 5.88 Å². The van der Waals surface area contributed by atoms with E-state index in [1.165, 1.54) is 13.3 Å². The number of carbonyl (C=O) groups excluding carboxylic acids is 1. The minimum atomic E-state index is -4.67. The van der Waals surface area contributed by atoms with E-state index in [1.807, 2.05) is 6.92 Å². The Morgan fingerprint density at radius 3 is 2.75 bits per heavy atom. The summed E-state index contributed by atoms with van der Waals surface area (Å²) in [5, 5.41) is 19.6. The molecular formula is C20H21F3N4O4S. The summed E-state index contributed by atoms with van der Waals surface area (Å²) >= 11 is 1.01. The van der Waals surface area contributed by atoms with Crippen molar-refractivity contribution in [1.29, 1.82) is 0 Å². The van der Waals surface area contributed by atoms with E-state index in [2.05, 4.69) is 15.0 Å². The fourth-order valence-corrected chi connectivity index (χ4v) is 3.86. The van der Waals surface area contributed by atoms with Crippen LogP contribution in [0.5, 0.6) is 11.6 Å². The molecule has 0 bridgehead atoms. The van der Waals surface area contributed by atoms with Gasteiger partial charge in [0.05, 0.1) is 17.2 Å². The van der Waals surface area contributed by atoms with Gasteiger partial charge in [0.15, 0.2) is 9.63 Å². The van der Waals surface area contributed by atoms with Crippen molar-refractivity contribution >= 4 is 27.6 Å². The predicted molar refractivity (Wildman–Crippen MR) is 110 cm³/mol. The molecule has 0 aliphatic heterocycles. The number of nitrogens with zero attached hydrogens (tertiary/aromatic N) is 4. The lowest BCUT2D eigenvalue weighted by molar-refractivity contribution is -0.137. The van der Waals surface area contributed by atoms with Crippen molar-refractivity contribution in [2.45, 2.75) is 45.5 Å². The number of thiazole rings is 1. The van der Waals surface area contributed by atoms with Crippen molar-refractivity contribution in [3.63, 3.8) is 0 Å². The largest absolute Gasteiger partial charge is 0.492 e. The molecule has 2 N–H and O–H groups in total. The van der Waals surface area contributed by atoms with Crippen molar-refractivity contribution in [2.75, 3.05) is 6.61 Å². The number of unbranched alkanes of at least 4 members (excludes halogenated alkanes) is 1. The Morgan fingerprint density at radius 2 is 2.09 bits per heavy atom. The van der Waals surface area contributed by atoms with Gasteiger partial charge in [-0.1, -0.05) is 24.7 Å². The number of aryl methyl sites for hydroxylation is 1. The monoisotopic (exact) mass is 470 g/mol. The molecule has 172 valence electrons. The third-order valence-corrected chi connectivity index (χ3v) is 5.39. The lowest BCUT2D eigenvalue weighted by Crippen LogP contribution is -2.19. The fourth-order valence-electron chi connectivity index (χ4n) is 2.87. The molecule has 1 atom stereocenters. The van der Waals surface area contributed by atoms with Crippen molar-refractivity contribution in [1.82, 2.24) is 14.5 Å². The van der Waals surface area contributed by atoms with Crippen LogP contribution in [-0.2, 0) is 12.7 Å². The second kappa shape index (κ2) is 9.65. The topological polar surface area (TPSA) is 110 Å². The number of fused-ring (bicyclic) bond motifs is 1. The molecule has 1 aromatic carbocycles. The van der Waals surface area contributed by atoms with Crippen LogP contribution in [0.1, 0.15) is 42.6 Å². The van der Waals surface area contributed by atoms with Crippen LogP contribution in [0.4, 0.5) is 13.2 Å². The molecule has 3 rings (SSSR count). The van der Waals surface area contributed by atoms with Gasteiger partial charge >= 0.3 is 6.18 Å². The molecular weight excluding hydrogens is 449 g/mol. The van der Waals surface area contributed by atoms with E-state index in [-0.39, 0.29) is 23.0 Å². The van der Waals surface area contributed by atoms with E-state index in [0.717, 1.165) is 29.9 Å². The first kappa shape index (κ1) is 23.7. The number of carbonyl (C=O) groups is 1. The van der Waals surface area contributed by atoms with Crippen LogP contribution in [-0.4, -0.2) is 43.4 Å². The average Bonchev–Trinajstić information content (AvgIpc) is 3.07. The van der Waals surface area contributed by atoms with Crippen LogP contribution in [0.3, 0.4) is 0 Å². The lowest BCUT2D eigenvalue weighted by atomic mass is 10.1. The Bertz CT molecular complexity index is 1190. The number of halogens is 3. The second-order valence-electron chi connectivity index (χ2n) is 7.03. The van der Waals surface area contributed by atoms with Gasteiger partial charge in [-0.2, -0.15) is 18.2 Å². The van der Waals surface area contributed by atoms with Gasteiger partial charge in [0, 0.05) is 6.54 Å².